The highest BCUT2D eigenvalue weighted by Gasteiger charge is 2.35. The maximum Gasteiger partial charge on any atom is 0.0716 e. The Morgan fingerprint density at radius 2 is 1.29 bits per heavy atom. The summed E-state index contributed by atoms with van der Waals surface area (Å²) >= 11 is 0. The number of anilines is 3. The summed E-state index contributed by atoms with van der Waals surface area (Å²) < 4.78 is 0. The van der Waals surface area contributed by atoms with Gasteiger partial charge in [0.25, 0.3) is 0 Å². The van der Waals surface area contributed by atoms with Gasteiger partial charge in [-0.15, -0.1) is 0 Å². The van der Waals surface area contributed by atoms with Gasteiger partial charge in [-0.05, 0) is 98.3 Å². The number of nitrogens with zero attached hydrogens (tertiary/aromatic N) is 2. The molecule has 0 amide bonds. The van der Waals surface area contributed by atoms with Crippen LogP contribution in [0.15, 0.2) is 85.1 Å². The van der Waals surface area contributed by atoms with Gasteiger partial charge in [0.2, 0.25) is 0 Å². The molecule has 2 nitrogen and oxygen atoms in total. The average molecular weight is 447 g/mol. The fraction of sp³-hybridized carbons (Fsp3) is 0.121. The molecular weight excluding hydrogens is 424 g/mol. The molecule has 0 saturated heterocycles. The Morgan fingerprint density at radius 3 is 2.20 bits per heavy atom. The van der Waals surface area contributed by atoms with Crippen LogP contribution in [0.3, 0.4) is 0 Å². The Morgan fingerprint density at radius 1 is 0.514 bits per heavy atom. The molecule has 0 unspecified atom stereocenters. The zero-order valence-corrected chi connectivity index (χ0v) is 19.3. The van der Waals surface area contributed by atoms with Gasteiger partial charge in [0, 0.05) is 24.7 Å². The first-order chi connectivity index (χ1) is 17.3. The van der Waals surface area contributed by atoms with Crippen molar-refractivity contribution in [2.45, 2.75) is 25.7 Å². The Kier molecular flexibility index (Phi) is 3.27. The van der Waals surface area contributed by atoms with E-state index in [9.17, 15) is 0 Å². The molecule has 0 saturated carbocycles. The quantitative estimate of drug-likeness (QED) is 0.240. The van der Waals surface area contributed by atoms with Gasteiger partial charge >= 0.3 is 0 Å². The summed E-state index contributed by atoms with van der Waals surface area (Å²) in [5.74, 6) is 0. The van der Waals surface area contributed by atoms with Crippen molar-refractivity contribution in [2.75, 3.05) is 4.90 Å². The lowest BCUT2D eigenvalue weighted by atomic mass is 9.87. The first kappa shape index (κ1) is 18.2. The molecular formula is C33H22N2. The second-order valence-electron chi connectivity index (χ2n) is 10.3. The van der Waals surface area contributed by atoms with Gasteiger partial charge in [-0.3, -0.25) is 4.98 Å². The SMILES string of the molecule is c1ccc2c(c1)Cc1c-2ccc2c1Cc1cc3c(cc1-2)Cc1nccc2c1N3c1ccccc1C2. The Bertz CT molecular complexity index is 1760. The second-order valence-corrected chi connectivity index (χ2v) is 10.3. The number of rotatable bonds is 0. The van der Waals surface area contributed by atoms with Crippen LogP contribution >= 0.6 is 0 Å². The molecule has 0 fully saturated rings. The van der Waals surface area contributed by atoms with Gasteiger partial charge in [0.15, 0.2) is 0 Å². The van der Waals surface area contributed by atoms with Crippen LogP contribution in [0, 0.1) is 0 Å². The summed E-state index contributed by atoms with van der Waals surface area (Å²) in [5, 5.41) is 0. The lowest BCUT2D eigenvalue weighted by Crippen LogP contribution is -2.25. The lowest BCUT2D eigenvalue weighted by Gasteiger charge is -2.39. The van der Waals surface area contributed by atoms with Crippen molar-refractivity contribution in [3.8, 4) is 22.3 Å². The molecule has 2 aliphatic heterocycles. The maximum atomic E-state index is 4.85. The van der Waals surface area contributed by atoms with Gasteiger partial charge in [0.05, 0.1) is 17.1 Å². The number of aromatic nitrogens is 1. The predicted octanol–water partition coefficient (Wildman–Crippen LogP) is 7.50. The molecule has 9 rings (SSSR count). The number of hydrogen-bond donors (Lipinski definition) is 0. The molecule has 164 valence electrons. The molecule has 1 aromatic heterocycles. The van der Waals surface area contributed by atoms with Crippen LogP contribution < -0.4 is 4.90 Å². The third-order valence-electron chi connectivity index (χ3n) is 8.59. The van der Waals surface area contributed by atoms with Crippen molar-refractivity contribution < 1.29 is 0 Å². The maximum absolute atomic E-state index is 4.85. The molecule has 2 heteroatoms. The first-order valence-electron chi connectivity index (χ1n) is 12.6. The van der Waals surface area contributed by atoms with E-state index in [1.807, 2.05) is 6.20 Å². The molecule has 0 bridgehead atoms. The zero-order chi connectivity index (χ0) is 22.7. The lowest BCUT2D eigenvalue weighted by molar-refractivity contribution is 0.959. The monoisotopic (exact) mass is 446 g/mol. The molecule has 0 spiro atoms. The number of fused-ring (bicyclic) bond motifs is 11. The molecule has 35 heavy (non-hydrogen) atoms. The standard InChI is InChI=1S/C33H22N2/c1-3-7-24-19(5-1)14-28-25(24)9-10-26-27-16-23-17-30-33-21(11-12-34-30)13-20-6-2-4-8-31(20)35(33)32(23)18-22(27)15-29(26)28/h1-12,16,18H,13-15,17H2. The van der Waals surface area contributed by atoms with Crippen molar-refractivity contribution in [3.05, 3.63) is 130 Å². The Hall–Kier alpha value is -4.17. The highest BCUT2D eigenvalue weighted by atomic mass is 15.2. The highest BCUT2D eigenvalue weighted by molar-refractivity contribution is 5.93. The van der Waals surface area contributed by atoms with Crippen LogP contribution in [0.25, 0.3) is 22.3 Å². The van der Waals surface area contributed by atoms with Gasteiger partial charge in [0.1, 0.15) is 0 Å². The second kappa shape index (κ2) is 6.28. The summed E-state index contributed by atoms with van der Waals surface area (Å²) in [4.78, 5) is 7.35. The van der Waals surface area contributed by atoms with E-state index in [4.69, 9.17) is 4.98 Å². The Labute approximate surface area is 204 Å². The summed E-state index contributed by atoms with van der Waals surface area (Å²) in [5.41, 5.74) is 21.0. The third-order valence-corrected chi connectivity index (χ3v) is 8.59. The van der Waals surface area contributed by atoms with Crippen LogP contribution in [-0.2, 0) is 25.7 Å². The van der Waals surface area contributed by atoms with E-state index in [1.54, 1.807) is 0 Å². The number of benzene rings is 4. The molecule has 0 atom stereocenters. The van der Waals surface area contributed by atoms with Crippen LogP contribution in [-0.4, -0.2) is 4.98 Å². The minimum absolute atomic E-state index is 0.899. The minimum atomic E-state index is 0.899. The highest BCUT2D eigenvalue weighted by Crippen LogP contribution is 2.53. The molecule has 4 aliphatic rings. The first-order valence-corrected chi connectivity index (χ1v) is 12.6. The van der Waals surface area contributed by atoms with E-state index in [0.29, 0.717) is 0 Å². The van der Waals surface area contributed by atoms with E-state index in [-0.39, 0.29) is 0 Å². The topological polar surface area (TPSA) is 16.1 Å². The van der Waals surface area contributed by atoms with Crippen molar-refractivity contribution in [1.29, 1.82) is 0 Å². The molecule has 0 radical (unpaired) electrons. The zero-order valence-electron chi connectivity index (χ0n) is 19.3. The largest absolute Gasteiger partial charge is 0.308 e. The van der Waals surface area contributed by atoms with Crippen molar-refractivity contribution in [1.82, 2.24) is 4.98 Å². The number of hydrogen-bond acceptors (Lipinski definition) is 2. The van der Waals surface area contributed by atoms with Crippen molar-refractivity contribution >= 4 is 17.1 Å². The van der Waals surface area contributed by atoms with Crippen LogP contribution in [0.1, 0.15) is 44.6 Å². The van der Waals surface area contributed by atoms with Gasteiger partial charge in [-0.2, -0.15) is 0 Å². The predicted molar refractivity (Wildman–Crippen MR) is 141 cm³/mol. The van der Waals surface area contributed by atoms with Crippen molar-refractivity contribution in [2.24, 2.45) is 0 Å². The van der Waals surface area contributed by atoms with Gasteiger partial charge < -0.3 is 4.90 Å². The number of pyridine rings is 1. The molecule has 5 aromatic rings. The van der Waals surface area contributed by atoms with E-state index >= 15 is 0 Å². The van der Waals surface area contributed by atoms with E-state index in [1.165, 1.54) is 84.0 Å². The summed E-state index contributed by atoms with van der Waals surface area (Å²) in [7, 11) is 0. The average Bonchev–Trinajstić information content (AvgIpc) is 3.45. The van der Waals surface area contributed by atoms with Crippen molar-refractivity contribution in [3.63, 3.8) is 0 Å². The van der Waals surface area contributed by atoms with Gasteiger partial charge in [-0.25, -0.2) is 0 Å². The number of para-hydroxylation sites is 1. The van der Waals surface area contributed by atoms with E-state index in [2.05, 4.69) is 83.8 Å². The van der Waals surface area contributed by atoms with Gasteiger partial charge in [-0.1, -0.05) is 54.6 Å². The fourth-order valence-corrected chi connectivity index (χ4v) is 7.06. The Balaban J connectivity index is 1.24. The fourth-order valence-electron chi connectivity index (χ4n) is 7.06. The molecule has 4 aromatic carbocycles. The smallest absolute Gasteiger partial charge is 0.0716 e. The van der Waals surface area contributed by atoms with E-state index in [0.717, 1.165) is 25.7 Å². The molecule has 2 aliphatic carbocycles. The summed E-state index contributed by atoms with van der Waals surface area (Å²) in [6.07, 6.45) is 5.96. The summed E-state index contributed by atoms with van der Waals surface area (Å²) in [6.45, 7) is 0. The molecule has 0 N–H and O–H groups in total. The van der Waals surface area contributed by atoms with Crippen LogP contribution in [0.2, 0.25) is 0 Å². The molecule has 3 heterocycles. The summed E-state index contributed by atoms with van der Waals surface area (Å²) in [6, 6.07) is 29.7. The van der Waals surface area contributed by atoms with Crippen LogP contribution in [0.4, 0.5) is 17.1 Å². The third kappa shape index (κ3) is 2.27. The normalized spacial score (nSPS) is 14.9. The van der Waals surface area contributed by atoms with E-state index < -0.39 is 0 Å². The minimum Gasteiger partial charge on any atom is -0.308 e. The van der Waals surface area contributed by atoms with Crippen LogP contribution in [0.5, 0.6) is 0 Å².